The summed E-state index contributed by atoms with van der Waals surface area (Å²) in [7, 11) is 6.20. The van der Waals surface area contributed by atoms with Crippen molar-refractivity contribution >= 4 is 29.0 Å². The van der Waals surface area contributed by atoms with E-state index in [1.807, 2.05) is 36.6 Å². The number of hydrogen-bond donors (Lipinski definition) is 2. The van der Waals surface area contributed by atoms with Gasteiger partial charge in [-0.25, -0.2) is 0 Å². The number of aromatic nitrogens is 1. The SMILES string of the molecule is CCCC(=O)NCC(=O)Nc1cc(-c2csnc2-c2cc(OC)c(OC)c(OC)c2)ccc1OC. The van der Waals surface area contributed by atoms with Gasteiger partial charge < -0.3 is 29.6 Å². The first kappa shape index (κ1) is 25.8. The number of methoxy groups -OCH3 is 4. The van der Waals surface area contributed by atoms with Crippen LogP contribution in [0.2, 0.25) is 0 Å². The molecule has 0 spiro atoms. The fraction of sp³-hybridized carbons (Fsp3) is 0.320. The van der Waals surface area contributed by atoms with Gasteiger partial charge in [0.1, 0.15) is 5.75 Å². The smallest absolute Gasteiger partial charge is 0.243 e. The molecule has 0 bridgehead atoms. The highest BCUT2D eigenvalue weighted by atomic mass is 32.1. The molecule has 0 aliphatic rings. The number of ether oxygens (including phenoxy) is 4. The van der Waals surface area contributed by atoms with Gasteiger partial charge in [-0.3, -0.25) is 9.59 Å². The van der Waals surface area contributed by atoms with Crippen molar-refractivity contribution in [1.29, 1.82) is 0 Å². The number of nitrogens with one attached hydrogen (secondary N) is 2. The average molecular weight is 500 g/mol. The lowest BCUT2D eigenvalue weighted by atomic mass is 10.0. The fourth-order valence-electron chi connectivity index (χ4n) is 3.53. The molecule has 0 saturated carbocycles. The molecular weight excluding hydrogens is 470 g/mol. The molecular formula is C25H29N3O6S. The molecule has 9 nitrogen and oxygen atoms in total. The topological polar surface area (TPSA) is 108 Å². The maximum Gasteiger partial charge on any atom is 0.243 e. The first-order valence-electron chi connectivity index (χ1n) is 10.9. The van der Waals surface area contributed by atoms with Gasteiger partial charge in [0.2, 0.25) is 17.6 Å². The Bertz CT molecular complexity index is 1170. The molecule has 0 radical (unpaired) electrons. The minimum Gasteiger partial charge on any atom is -0.495 e. The van der Waals surface area contributed by atoms with E-state index in [4.69, 9.17) is 18.9 Å². The van der Waals surface area contributed by atoms with Gasteiger partial charge in [-0.05, 0) is 47.8 Å². The molecule has 2 N–H and O–H groups in total. The van der Waals surface area contributed by atoms with E-state index >= 15 is 0 Å². The van der Waals surface area contributed by atoms with Crippen LogP contribution in [0.5, 0.6) is 23.0 Å². The molecule has 0 aliphatic heterocycles. The number of amides is 2. The lowest BCUT2D eigenvalue weighted by molar-refractivity contribution is -0.124. The lowest BCUT2D eigenvalue weighted by Crippen LogP contribution is -2.32. The third kappa shape index (κ3) is 6.02. The van der Waals surface area contributed by atoms with E-state index in [1.54, 1.807) is 27.4 Å². The Labute approximate surface area is 208 Å². The van der Waals surface area contributed by atoms with Crippen LogP contribution in [0.1, 0.15) is 19.8 Å². The molecule has 3 rings (SSSR count). The first-order chi connectivity index (χ1) is 16.9. The zero-order chi connectivity index (χ0) is 25.4. The molecule has 0 atom stereocenters. The van der Waals surface area contributed by atoms with Crippen molar-refractivity contribution in [2.75, 3.05) is 40.3 Å². The number of nitrogens with zero attached hydrogens (tertiary/aromatic N) is 1. The van der Waals surface area contributed by atoms with Crippen molar-refractivity contribution in [3.63, 3.8) is 0 Å². The van der Waals surface area contributed by atoms with Crippen LogP contribution < -0.4 is 29.6 Å². The molecule has 2 aromatic carbocycles. The van der Waals surface area contributed by atoms with E-state index in [-0.39, 0.29) is 18.4 Å². The van der Waals surface area contributed by atoms with Crippen molar-refractivity contribution in [2.45, 2.75) is 19.8 Å². The zero-order valence-electron chi connectivity index (χ0n) is 20.4. The molecule has 0 saturated heterocycles. The summed E-state index contributed by atoms with van der Waals surface area (Å²) in [6.45, 7) is 1.78. The summed E-state index contributed by atoms with van der Waals surface area (Å²) in [6.07, 6.45) is 1.09. The summed E-state index contributed by atoms with van der Waals surface area (Å²) >= 11 is 1.31. The summed E-state index contributed by atoms with van der Waals surface area (Å²) in [5.41, 5.74) is 3.69. The van der Waals surface area contributed by atoms with Crippen LogP contribution in [-0.2, 0) is 9.59 Å². The summed E-state index contributed by atoms with van der Waals surface area (Å²) in [5, 5.41) is 7.36. The minimum absolute atomic E-state index is 0.122. The molecule has 0 aliphatic carbocycles. The Morgan fingerprint density at radius 2 is 1.57 bits per heavy atom. The van der Waals surface area contributed by atoms with Gasteiger partial charge in [-0.2, -0.15) is 4.37 Å². The lowest BCUT2D eigenvalue weighted by Gasteiger charge is -2.15. The van der Waals surface area contributed by atoms with Crippen LogP contribution >= 0.6 is 11.5 Å². The van der Waals surface area contributed by atoms with Crippen LogP contribution in [0.4, 0.5) is 5.69 Å². The van der Waals surface area contributed by atoms with Crippen molar-refractivity contribution in [1.82, 2.24) is 9.69 Å². The Morgan fingerprint density at radius 3 is 2.17 bits per heavy atom. The van der Waals surface area contributed by atoms with Gasteiger partial charge >= 0.3 is 0 Å². The average Bonchev–Trinajstić information content (AvgIpc) is 3.36. The molecule has 0 fully saturated rings. The van der Waals surface area contributed by atoms with Gasteiger partial charge in [-0.15, -0.1) is 0 Å². The number of anilines is 1. The van der Waals surface area contributed by atoms with Crippen LogP contribution in [-0.4, -0.2) is 51.2 Å². The third-order valence-corrected chi connectivity index (χ3v) is 5.84. The van der Waals surface area contributed by atoms with E-state index in [1.165, 1.54) is 18.6 Å². The largest absolute Gasteiger partial charge is 0.495 e. The van der Waals surface area contributed by atoms with Crippen LogP contribution in [0.3, 0.4) is 0 Å². The standard InChI is InChI=1S/C25H29N3O6S/c1-6-7-22(29)26-13-23(30)27-18-10-15(8-9-19(18)31-2)17-14-35-28-24(17)16-11-20(32-3)25(34-5)21(12-16)33-4/h8-12,14H,6-7,13H2,1-5H3,(H,26,29)(H,27,30). The predicted octanol–water partition coefficient (Wildman–Crippen LogP) is 4.37. The number of carbonyl (C=O) groups is 2. The highest BCUT2D eigenvalue weighted by molar-refractivity contribution is 7.04. The van der Waals surface area contributed by atoms with E-state index in [0.717, 1.165) is 22.4 Å². The number of hydrogen-bond acceptors (Lipinski definition) is 8. The first-order valence-corrected chi connectivity index (χ1v) is 11.8. The molecule has 10 heteroatoms. The highest BCUT2D eigenvalue weighted by Gasteiger charge is 2.19. The maximum absolute atomic E-state index is 12.4. The second-order valence-corrected chi connectivity index (χ2v) is 8.11. The van der Waals surface area contributed by atoms with Gasteiger partial charge in [0.05, 0.1) is 46.4 Å². The predicted molar refractivity (Wildman–Crippen MR) is 136 cm³/mol. The Balaban J connectivity index is 1.94. The molecule has 3 aromatic rings. The van der Waals surface area contributed by atoms with Crippen molar-refractivity contribution < 1.29 is 28.5 Å². The van der Waals surface area contributed by atoms with Crippen molar-refractivity contribution in [3.05, 3.63) is 35.7 Å². The monoisotopic (exact) mass is 499 g/mol. The number of benzene rings is 2. The quantitative estimate of drug-likeness (QED) is 0.403. The summed E-state index contributed by atoms with van der Waals surface area (Å²) < 4.78 is 26.4. The van der Waals surface area contributed by atoms with Crippen molar-refractivity contribution in [3.8, 4) is 45.4 Å². The zero-order valence-corrected chi connectivity index (χ0v) is 21.2. The molecule has 0 unspecified atom stereocenters. The van der Waals surface area contributed by atoms with E-state index in [0.29, 0.717) is 41.5 Å². The second kappa shape index (κ2) is 12.1. The van der Waals surface area contributed by atoms with Crippen LogP contribution in [0, 0.1) is 0 Å². The van der Waals surface area contributed by atoms with E-state index < -0.39 is 0 Å². The van der Waals surface area contributed by atoms with Gasteiger partial charge in [0, 0.05) is 22.9 Å². The van der Waals surface area contributed by atoms with E-state index in [9.17, 15) is 9.59 Å². The molecule has 2 amide bonds. The highest BCUT2D eigenvalue weighted by Crippen LogP contribution is 2.44. The fourth-order valence-corrected chi connectivity index (χ4v) is 4.24. The summed E-state index contributed by atoms with van der Waals surface area (Å²) in [6, 6.07) is 9.16. The van der Waals surface area contributed by atoms with E-state index in [2.05, 4.69) is 15.0 Å². The van der Waals surface area contributed by atoms with Crippen LogP contribution in [0.25, 0.3) is 22.4 Å². The Hall–Kier alpha value is -3.79. The number of rotatable bonds is 11. The third-order valence-electron chi connectivity index (χ3n) is 5.22. The molecule has 35 heavy (non-hydrogen) atoms. The van der Waals surface area contributed by atoms with Gasteiger partial charge in [-0.1, -0.05) is 13.0 Å². The van der Waals surface area contributed by atoms with Gasteiger partial charge in [0.15, 0.2) is 11.5 Å². The summed E-state index contributed by atoms with van der Waals surface area (Å²) in [4.78, 5) is 24.1. The Kier molecular flexibility index (Phi) is 8.91. The van der Waals surface area contributed by atoms with Crippen LogP contribution in [0.15, 0.2) is 35.7 Å². The Morgan fingerprint density at radius 1 is 0.886 bits per heavy atom. The maximum atomic E-state index is 12.4. The molecule has 1 aromatic heterocycles. The van der Waals surface area contributed by atoms with Gasteiger partial charge in [0.25, 0.3) is 0 Å². The summed E-state index contributed by atoms with van der Waals surface area (Å²) in [5.74, 6) is 1.53. The normalized spacial score (nSPS) is 10.4. The molecule has 1 heterocycles. The number of carbonyl (C=O) groups excluding carboxylic acids is 2. The second-order valence-electron chi connectivity index (χ2n) is 7.48. The minimum atomic E-state index is -0.349. The molecule has 186 valence electrons. The van der Waals surface area contributed by atoms with Crippen molar-refractivity contribution in [2.24, 2.45) is 0 Å².